The van der Waals surface area contributed by atoms with Gasteiger partial charge >= 0.3 is 0 Å². The minimum absolute atomic E-state index is 0.255. The topological polar surface area (TPSA) is 38.7 Å². The van der Waals surface area contributed by atoms with Crippen LogP contribution in [-0.4, -0.2) is 30.7 Å². The summed E-state index contributed by atoms with van der Waals surface area (Å²) in [5, 5.41) is 9.57. The van der Waals surface area contributed by atoms with Crippen molar-refractivity contribution in [1.82, 2.24) is 0 Å². The van der Waals surface area contributed by atoms with E-state index in [0.717, 1.165) is 6.42 Å². The predicted octanol–water partition coefficient (Wildman–Crippen LogP) is 0.296. The summed E-state index contributed by atoms with van der Waals surface area (Å²) in [6.45, 7) is 4.74. The molecule has 3 atom stereocenters. The van der Waals surface area contributed by atoms with Crippen molar-refractivity contribution in [3.63, 3.8) is 0 Å². The first-order valence-corrected chi connectivity index (χ1v) is 3.84. The summed E-state index contributed by atoms with van der Waals surface area (Å²) >= 11 is 0. The maximum absolute atomic E-state index is 9.57. The number of rotatable bonds is 1. The second kappa shape index (κ2) is 2.30. The molecule has 0 unspecified atom stereocenters. The van der Waals surface area contributed by atoms with E-state index in [2.05, 4.69) is 6.58 Å². The van der Waals surface area contributed by atoms with Gasteiger partial charge in [0.2, 0.25) is 0 Å². The first-order valence-electron chi connectivity index (χ1n) is 3.84. The molecule has 0 aromatic rings. The third-order valence-corrected chi connectivity index (χ3v) is 2.65. The number of aliphatic hydroxyl groups excluding tert-OH is 1. The summed E-state index contributed by atoms with van der Waals surface area (Å²) in [5.74, 6) is 0. The van der Waals surface area contributed by atoms with Crippen LogP contribution in [0.15, 0.2) is 12.7 Å². The Morgan fingerprint density at radius 1 is 1.55 bits per heavy atom. The van der Waals surface area contributed by atoms with Crippen LogP contribution in [0.3, 0.4) is 0 Å². The molecule has 2 saturated heterocycles. The van der Waals surface area contributed by atoms with Crippen LogP contribution in [0.5, 0.6) is 0 Å². The Kier molecular flexibility index (Phi) is 1.52. The van der Waals surface area contributed by atoms with E-state index in [1.165, 1.54) is 0 Å². The van der Waals surface area contributed by atoms with Crippen molar-refractivity contribution >= 4 is 0 Å². The van der Waals surface area contributed by atoms with E-state index < -0.39 is 6.10 Å². The molecule has 0 aliphatic carbocycles. The molecule has 3 nitrogen and oxygen atoms in total. The van der Waals surface area contributed by atoms with Crippen LogP contribution in [0.2, 0.25) is 0 Å². The molecule has 62 valence electrons. The maximum Gasteiger partial charge on any atom is 0.169 e. The highest BCUT2D eigenvalue weighted by molar-refractivity contribution is 5.08. The van der Waals surface area contributed by atoms with Gasteiger partial charge in [-0.15, -0.1) is 6.58 Å². The summed E-state index contributed by atoms with van der Waals surface area (Å²) in [6, 6.07) is 0. The average molecular weight is 156 g/mol. The quantitative estimate of drug-likeness (QED) is 0.555. The van der Waals surface area contributed by atoms with E-state index in [1.54, 1.807) is 6.08 Å². The van der Waals surface area contributed by atoms with E-state index in [1.807, 2.05) is 0 Å². The predicted molar refractivity (Wildman–Crippen MR) is 38.9 cm³/mol. The van der Waals surface area contributed by atoms with Gasteiger partial charge in [0.15, 0.2) is 6.29 Å². The first-order chi connectivity index (χ1) is 5.29. The van der Waals surface area contributed by atoms with Gasteiger partial charge in [0.25, 0.3) is 0 Å². The molecule has 11 heavy (non-hydrogen) atoms. The Hall–Kier alpha value is -0.380. The lowest BCUT2D eigenvalue weighted by Gasteiger charge is -2.24. The molecule has 2 rings (SSSR count). The number of hydrogen-bond acceptors (Lipinski definition) is 3. The fourth-order valence-corrected chi connectivity index (χ4v) is 1.81. The summed E-state index contributed by atoms with van der Waals surface area (Å²) in [7, 11) is 0. The van der Waals surface area contributed by atoms with Crippen LogP contribution < -0.4 is 0 Å². The molecule has 0 bridgehead atoms. The van der Waals surface area contributed by atoms with Crippen molar-refractivity contribution in [1.29, 1.82) is 0 Å². The first kappa shape index (κ1) is 7.28. The van der Waals surface area contributed by atoms with E-state index in [0.29, 0.717) is 13.2 Å². The minimum Gasteiger partial charge on any atom is -0.390 e. The molecule has 2 fully saturated rings. The van der Waals surface area contributed by atoms with E-state index in [9.17, 15) is 5.11 Å². The third kappa shape index (κ3) is 0.788. The van der Waals surface area contributed by atoms with Gasteiger partial charge in [-0.2, -0.15) is 0 Å². The van der Waals surface area contributed by atoms with Crippen molar-refractivity contribution in [2.45, 2.75) is 18.8 Å². The third-order valence-electron chi connectivity index (χ3n) is 2.65. The zero-order valence-corrected chi connectivity index (χ0v) is 6.32. The molecule has 0 aromatic heterocycles. The Bertz CT molecular complexity index is 180. The molecule has 0 radical (unpaired) electrons. The van der Waals surface area contributed by atoms with Crippen molar-refractivity contribution in [2.75, 3.05) is 13.2 Å². The summed E-state index contributed by atoms with van der Waals surface area (Å²) in [6.07, 6.45) is 1.90. The fraction of sp³-hybridized carbons (Fsp3) is 0.750. The van der Waals surface area contributed by atoms with E-state index in [-0.39, 0.29) is 11.7 Å². The fourth-order valence-electron chi connectivity index (χ4n) is 1.81. The lowest BCUT2D eigenvalue weighted by atomic mass is 9.82. The van der Waals surface area contributed by atoms with Gasteiger partial charge < -0.3 is 14.6 Å². The van der Waals surface area contributed by atoms with Crippen molar-refractivity contribution in [3.8, 4) is 0 Å². The molecule has 2 aliphatic rings. The van der Waals surface area contributed by atoms with Crippen molar-refractivity contribution < 1.29 is 14.6 Å². The zero-order chi connectivity index (χ0) is 7.90. The lowest BCUT2D eigenvalue weighted by molar-refractivity contribution is -0.102. The number of fused-ring (bicyclic) bond motifs is 1. The average Bonchev–Trinajstić information content (AvgIpc) is 2.53. The second-order valence-corrected chi connectivity index (χ2v) is 3.12. The summed E-state index contributed by atoms with van der Waals surface area (Å²) in [5.41, 5.74) is -0.319. The smallest absolute Gasteiger partial charge is 0.169 e. The standard InChI is InChI=1S/C8H12O3/c1-2-8-3-4-10-7(8)11-5-6(8)9/h2,6-7,9H,1,3-5H2/t6-,7+,8-/m0/s1. The van der Waals surface area contributed by atoms with E-state index in [4.69, 9.17) is 9.47 Å². The lowest BCUT2D eigenvalue weighted by Crippen LogP contribution is -2.33. The SMILES string of the molecule is C=C[C@@]12CCO[C@@H]1OC[C@@H]2O. The van der Waals surface area contributed by atoms with Gasteiger partial charge in [0.05, 0.1) is 24.7 Å². The van der Waals surface area contributed by atoms with Crippen LogP contribution in [-0.2, 0) is 9.47 Å². The molecule has 2 heterocycles. The van der Waals surface area contributed by atoms with Crippen molar-refractivity contribution in [2.24, 2.45) is 5.41 Å². The highest BCUT2D eigenvalue weighted by Gasteiger charge is 2.53. The Labute approximate surface area is 65.6 Å². The molecule has 3 heteroatoms. The zero-order valence-electron chi connectivity index (χ0n) is 6.32. The van der Waals surface area contributed by atoms with Gasteiger partial charge in [0.1, 0.15) is 0 Å². The molecule has 2 aliphatic heterocycles. The molecule has 0 amide bonds. The van der Waals surface area contributed by atoms with Gasteiger partial charge in [-0.1, -0.05) is 6.08 Å². The van der Waals surface area contributed by atoms with Gasteiger partial charge in [-0.05, 0) is 6.42 Å². The van der Waals surface area contributed by atoms with Gasteiger partial charge in [0, 0.05) is 0 Å². The highest BCUT2D eigenvalue weighted by atomic mass is 16.7. The summed E-state index contributed by atoms with van der Waals surface area (Å²) < 4.78 is 10.5. The molecule has 0 spiro atoms. The summed E-state index contributed by atoms with van der Waals surface area (Å²) in [4.78, 5) is 0. The van der Waals surface area contributed by atoms with Crippen LogP contribution in [0.1, 0.15) is 6.42 Å². The second-order valence-electron chi connectivity index (χ2n) is 3.12. The normalized spacial score (nSPS) is 49.2. The van der Waals surface area contributed by atoms with Gasteiger partial charge in [-0.25, -0.2) is 0 Å². The number of hydrogen-bond donors (Lipinski definition) is 1. The number of aliphatic hydroxyl groups is 1. The van der Waals surface area contributed by atoms with Crippen LogP contribution >= 0.6 is 0 Å². The monoisotopic (exact) mass is 156 g/mol. The van der Waals surface area contributed by atoms with Crippen LogP contribution in [0, 0.1) is 5.41 Å². The Morgan fingerprint density at radius 3 is 3.00 bits per heavy atom. The van der Waals surface area contributed by atoms with Crippen molar-refractivity contribution in [3.05, 3.63) is 12.7 Å². The maximum atomic E-state index is 9.57. The van der Waals surface area contributed by atoms with Crippen LogP contribution in [0.4, 0.5) is 0 Å². The molecular formula is C8H12O3. The molecular weight excluding hydrogens is 144 g/mol. The largest absolute Gasteiger partial charge is 0.390 e. The molecule has 0 aromatic carbocycles. The Morgan fingerprint density at radius 2 is 2.36 bits per heavy atom. The highest BCUT2D eigenvalue weighted by Crippen LogP contribution is 2.44. The molecule has 1 N–H and O–H groups in total. The Balaban J connectivity index is 2.29. The number of ether oxygens (including phenoxy) is 2. The van der Waals surface area contributed by atoms with Gasteiger partial charge in [-0.3, -0.25) is 0 Å². The van der Waals surface area contributed by atoms with Crippen LogP contribution in [0.25, 0.3) is 0 Å². The minimum atomic E-state index is -0.438. The van der Waals surface area contributed by atoms with E-state index >= 15 is 0 Å². The molecule has 0 saturated carbocycles.